The molecule has 0 saturated carbocycles. The monoisotopic (exact) mass is 346 g/mol. The molecule has 2 aromatic heterocycles. The predicted molar refractivity (Wildman–Crippen MR) is 94.0 cm³/mol. The Kier molecular flexibility index (Phi) is 5.71. The molecule has 1 N–H and O–H groups in total. The molecule has 3 heterocycles. The standard InChI is InChI=1S/C16H22N6OS/c1-2-3-14-19-20-15(24-14)18-16(23)22-10-8-21(9-11-22)12-13-4-6-17-7-5-13/h4-7H,2-3,8-12H2,1H3,(H,18,20,23). The summed E-state index contributed by atoms with van der Waals surface area (Å²) in [5.41, 5.74) is 1.25. The van der Waals surface area contributed by atoms with Crippen LogP contribution < -0.4 is 5.32 Å². The zero-order valence-electron chi connectivity index (χ0n) is 13.8. The Balaban J connectivity index is 1.46. The Morgan fingerprint density at radius 2 is 1.96 bits per heavy atom. The molecule has 3 rings (SSSR count). The molecule has 0 atom stereocenters. The Hall–Kier alpha value is -2.06. The SMILES string of the molecule is CCCc1nnc(NC(=O)N2CCN(Cc3ccncc3)CC2)s1. The number of rotatable bonds is 5. The summed E-state index contributed by atoms with van der Waals surface area (Å²) in [5, 5.41) is 12.5. The lowest BCUT2D eigenvalue weighted by Gasteiger charge is -2.34. The van der Waals surface area contributed by atoms with Crippen molar-refractivity contribution in [2.24, 2.45) is 0 Å². The largest absolute Gasteiger partial charge is 0.323 e. The third-order valence-corrected chi connectivity index (χ3v) is 4.86. The van der Waals surface area contributed by atoms with Gasteiger partial charge in [0, 0.05) is 51.5 Å². The highest BCUT2D eigenvalue weighted by Crippen LogP contribution is 2.17. The molecule has 2 amide bonds. The van der Waals surface area contributed by atoms with Crippen molar-refractivity contribution in [1.82, 2.24) is 25.0 Å². The lowest BCUT2D eigenvalue weighted by atomic mass is 10.2. The minimum absolute atomic E-state index is 0.0854. The maximum atomic E-state index is 12.3. The van der Waals surface area contributed by atoms with E-state index < -0.39 is 0 Å². The van der Waals surface area contributed by atoms with E-state index in [0.29, 0.717) is 5.13 Å². The lowest BCUT2D eigenvalue weighted by molar-refractivity contribution is 0.143. The van der Waals surface area contributed by atoms with Crippen molar-refractivity contribution >= 4 is 22.5 Å². The fourth-order valence-electron chi connectivity index (χ4n) is 2.65. The molecule has 0 unspecified atom stereocenters. The first-order chi connectivity index (χ1) is 11.7. The highest BCUT2D eigenvalue weighted by molar-refractivity contribution is 7.15. The van der Waals surface area contributed by atoms with Crippen LogP contribution in [0.15, 0.2) is 24.5 Å². The van der Waals surface area contributed by atoms with Crippen molar-refractivity contribution < 1.29 is 4.79 Å². The molecule has 0 aliphatic carbocycles. The highest BCUT2D eigenvalue weighted by Gasteiger charge is 2.22. The summed E-state index contributed by atoms with van der Waals surface area (Å²) >= 11 is 1.45. The normalized spacial score (nSPS) is 15.5. The quantitative estimate of drug-likeness (QED) is 0.899. The van der Waals surface area contributed by atoms with Gasteiger partial charge in [0.1, 0.15) is 5.01 Å². The third kappa shape index (κ3) is 4.48. The molecule has 7 nitrogen and oxygen atoms in total. The van der Waals surface area contributed by atoms with E-state index >= 15 is 0 Å². The number of carbonyl (C=O) groups excluding carboxylic acids is 1. The summed E-state index contributed by atoms with van der Waals surface area (Å²) < 4.78 is 0. The van der Waals surface area contributed by atoms with Gasteiger partial charge in [0.2, 0.25) is 5.13 Å². The summed E-state index contributed by atoms with van der Waals surface area (Å²) in [6.07, 6.45) is 5.56. The van der Waals surface area contributed by atoms with E-state index in [0.717, 1.165) is 50.6 Å². The van der Waals surface area contributed by atoms with Crippen LogP contribution in [0, 0.1) is 0 Å². The first kappa shape index (κ1) is 16.8. The van der Waals surface area contributed by atoms with Crippen LogP contribution in [0.1, 0.15) is 23.9 Å². The number of urea groups is 1. The maximum absolute atomic E-state index is 12.3. The average Bonchev–Trinajstić information content (AvgIpc) is 3.04. The van der Waals surface area contributed by atoms with E-state index in [1.165, 1.54) is 16.9 Å². The van der Waals surface area contributed by atoms with Gasteiger partial charge in [-0.15, -0.1) is 10.2 Å². The summed E-state index contributed by atoms with van der Waals surface area (Å²) in [5.74, 6) is 0. The van der Waals surface area contributed by atoms with Gasteiger partial charge >= 0.3 is 6.03 Å². The number of anilines is 1. The van der Waals surface area contributed by atoms with Gasteiger partial charge in [-0.05, 0) is 24.1 Å². The third-order valence-electron chi connectivity index (χ3n) is 3.96. The van der Waals surface area contributed by atoms with Crippen LogP contribution >= 0.6 is 11.3 Å². The second kappa shape index (κ2) is 8.16. The van der Waals surface area contributed by atoms with Gasteiger partial charge in [0.15, 0.2) is 0 Å². The van der Waals surface area contributed by atoms with E-state index in [1.807, 2.05) is 29.4 Å². The number of piperazine rings is 1. The van der Waals surface area contributed by atoms with Crippen LogP contribution in [0.5, 0.6) is 0 Å². The first-order valence-corrected chi connectivity index (χ1v) is 9.06. The molecule has 1 aliphatic heterocycles. The summed E-state index contributed by atoms with van der Waals surface area (Å²) in [6.45, 7) is 6.18. The molecular weight excluding hydrogens is 324 g/mol. The van der Waals surface area contributed by atoms with Crippen LogP contribution in [-0.4, -0.2) is 57.2 Å². The summed E-state index contributed by atoms with van der Waals surface area (Å²) in [6, 6.07) is 3.97. The van der Waals surface area contributed by atoms with Gasteiger partial charge in [0.25, 0.3) is 0 Å². The molecule has 24 heavy (non-hydrogen) atoms. The Morgan fingerprint density at radius 3 is 2.67 bits per heavy atom. The molecule has 0 aromatic carbocycles. The van der Waals surface area contributed by atoms with Crippen molar-refractivity contribution in [2.45, 2.75) is 26.3 Å². The molecule has 1 fully saturated rings. The molecule has 0 spiro atoms. The number of nitrogens with zero attached hydrogens (tertiary/aromatic N) is 5. The topological polar surface area (TPSA) is 74.2 Å². The van der Waals surface area contributed by atoms with Gasteiger partial charge in [-0.1, -0.05) is 18.3 Å². The number of pyridine rings is 1. The minimum atomic E-state index is -0.0854. The number of hydrogen-bond donors (Lipinski definition) is 1. The van der Waals surface area contributed by atoms with Crippen LogP contribution in [0.4, 0.5) is 9.93 Å². The number of aromatic nitrogens is 3. The van der Waals surface area contributed by atoms with E-state index in [4.69, 9.17) is 0 Å². The molecule has 0 bridgehead atoms. The van der Waals surface area contributed by atoms with Crippen molar-refractivity contribution in [2.75, 3.05) is 31.5 Å². The number of amides is 2. The van der Waals surface area contributed by atoms with Gasteiger partial charge in [-0.3, -0.25) is 15.2 Å². The highest BCUT2D eigenvalue weighted by atomic mass is 32.1. The second-order valence-electron chi connectivity index (χ2n) is 5.80. The van der Waals surface area contributed by atoms with Crippen LogP contribution in [0.2, 0.25) is 0 Å². The first-order valence-electron chi connectivity index (χ1n) is 8.24. The number of nitrogens with one attached hydrogen (secondary N) is 1. The maximum Gasteiger partial charge on any atom is 0.323 e. The zero-order valence-corrected chi connectivity index (χ0v) is 14.6. The molecule has 1 saturated heterocycles. The Labute approximate surface area is 145 Å². The molecule has 8 heteroatoms. The van der Waals surface area contributed by atoms with Gasteiger partial charge < -0.3 is 4.90 Å². The second-order valence-corrected chi connectivity index (χ2v) is 6.86. The van der Waals surface area contributed by atoms with Gasteiger partial charge in [-0.25, -0.2) is 4.79 Å². The molecular formula is C16H22N6OS. The molecule has 128 valence electrons. The summed E-state index contributed by atoms with van der Waals surface area (Å²) in [7, 11) is 0. The fourth-order valence-corrected chi connectivity index (χ4v) is 3.48. The minimum Gasteiger partial charge on any atom is -0.322 e. The predicted octanol–water partition coefficient (Wildman–Crippen LogP) is 2.24. The lowest BCUT2D eigenvalue weighted by Crippen LogP contribution is -2.49. The Morgan fingerprint density at radius 1 is 1.21 bits per heavy atom. The number of carbonyl (C=O) groups is 1. The fraction of sp³-hybridized carbons (Fsp3) is 0.500. The van der Waals surface area contributed by atoms with Gasteiger partial charge in [0.05, 0.1) is 0 Å². The van der Waals surface area contributed by atoms with Crippen molar-refractivity contribution in [3.8, 4) is 0 Å². The van der Waals surface area contributed by atoms with Crippen molar-refractivity contribution in [1.29, 1.82) is 0 Å². The average molecular weight is 346 g/mol. The van der Waals surface area contributed by atoms with E-state index in [1.54, 1.807) is 0 Å². The van der Waals surface area contributed by atoms with Crippen LogP contribution in [0.3, 0.4) is 0 Å². The molecule has 2 aromatic rings. The van der Waals surface area contributed by atoms with Crippen LogP contribution in [0.25, 0.3) is 0 Å². The zero-order chi connectivity index (χ0) is 16.8. The molecule has 0 radical (unpaired) electrons. The smallest absolute Gasteiger partial charge is 0.322 e. The molecule has 1 aliphatic rings. The van der Waals surface area contributed by atoms with Crippen molar-refractivity contribution in [3.63, 3.8) is 0 Å². The van der Waals surface area contributed by atoms with Crippen LogP contribution in [-0.2, 0) is 13.0 Å². The van der Waals surface area contributed by atoms with E-state index in [-0.39, 0.29) is 6.03 Å². The number of aryl methyl sites for hydroxylation is 1. The number of hydrogen-bond acceptors (Lipinski definition) is 6. The van der Waals surface area contributed by atoms with Crippen molar-refractivity contribution in [3.05, 3.63) is 35.1 Å². The van der Waals surface area contributed by atoms with E-state index in [2.05, 4.69) is 32.3 Å². The summed E-state index contributed by atoms with van der Waals surface area (Å²) in [4.78, 5) is 20.6. The van der Waals surface area contributed by atoms with E-state index in [9.17, 15) is 4.79 Å². The Bertz CT molecular complexity index is 654. The van der Waals surface area contributed by atoms with Gasteiger partial charge in [-0.2, -0.15) is 0 Å².